The van der Waals surface area contributed by atoms with Crippen molar-refractivity contribution in [1.82, 2.24) is 0 Å². The molecule has 3 unspecified atom stereocenters. The lowest BCUT2D eigenvalue weighted by molar-refractivity contribution is -0.129. The summed E-state index contributed by atoms with van der Waals surface area (Å²) >= 11 is 0. The van der Waals surface area contributed by atoms with E-state index in [0.717, 1.165) is 67.2 Å². The number of carbonyl (C=O) groups is 4. The van der Waals surface area contributed by atoms with Crippen LogP contribution in [-0.4, -0.2) is 23.1 Å². The van der Waals surface area contributed by atoms with Gasteiger partial charge >= 0.3 is 0 Å². The second-order valence-electron chi connectivity index (χ2n) is 10.7. The number of aryl methyl sites for hydroxylation is 1. The minimum atomic E-state index is -0.141. The van der Waals surface area contributed by atoms with Crippen molar-refractivity contribution in [1.29, 1.82) is 0 Å². The van der Waals surface area contributed by atoms with Crippen LogP contribution < -0.4 is 0 Å². The van der Waals surface area contributed by atoms with Gasteiger partial charge in [-0.2, -0.15) is 0 Å². The summed E-state index contributed by atoms with van der Waals surface area (Å²) in [6.07, 6.45) is 9.33. The summed E-state index contributed by atoms with van der Waals surface area (Å²) in [5.74, 6) is 0.370. The zero-order chi connectivity index (χ0) is 27.3. The van der Waals surface area contributed by atoms with Crippen LogP contribution in [0.15, 0.2) is 12.1 Å². The summed E-state index contributed by atoms with van der Waals surface area (Å²) in [4.78, 5) is 50.5. The van der Waals surface area contributed by atoms with Crippen LogP contribution in [0.5, 0.6) is 0 Å². The molecule has 1 aliphatic rings. The van der Waals surface area contributed by atoms with E-state index >= 15 is 0 Å². The SMILES string of the molecule is CCC.CCCCCC(=O)c1ccc(C)c2c1CC(CC(CCC)C(CC)C(=O)CC(C)=O)CC2=O. The van der Waals surface area contributed by atoms with Gasteiger partial charge in [-0.3, -0.25) is 19.2 Å². The third kappa shape index (κ3) is 9.41. The number of unbranched alkanes of at least 4 members (excludes halogenated alkanes) is 2. The standard InChI is InChI=1S/C29H42O4.C3H8/c1-6-9-10-12-26(31)24-14-13-19(4)29-25(24)17-21(18-28(29)33)16-22(11-7-2)23(8-3)27(32)15-20(5)30;1-3-2/h13-14,21-23H,6-12,15-18H2,1-5H3;3H2,1-2H3. The number of carbonyl (C=O) groups excluding carboxylic acids is 4. The fraction of sp³-hybridized carbons (Fsp3) is 0.688. The normalized spacial score (nSPS) is 16.4. The van der Waals surface area contributed by atoms with Crippen molar-refractivity contribution in [3.05, 3.63) is 34.4 Å². The minimum absolute atomic E-state index is 0.000750. The molecule has 4 nitrogen and oxygen atoms in total. The second kappa shape index (κ2) is 16.6. The van der Waals surface area contributed by atoms with E-state index in [1.807, 2.05) is 26.0 Å². The van der Waals surface area contributed by atoms with Gasteiger partial charge in [-0.15, -0.1) is 0 Å². The number of benzene rings is 1. The number of hydrogen-bond acceptors (Lipinski definition) is 4. The van der Waals surface area contributed by atoms with Crippen molar-refractivity contribution in [2.45, 2.75) is 126 Å². The summed E-state index contributed by atoms with van der Waals surface area (Å²) in [5, 5.41) is 0. The first-order chi connectivity index (χ1) is 17.1. The van der Waals surface area contributed by atoms with Crippen LogP contribution in [0.1, 0.15) is 144 Å². The van der Waals surface area contributed by atoms with Gasteiger partial charge in [0.15, 0.2) is 11.6 Å². The summed E-state index contributed by atoms with van der Waals surface area (Å²) in [7, 11) is 0. The van der Waals surface area contributed by atoms with E-state index in [9.17, 15) is 19.2 Å². The molecule has 0 radical (unpaired) electrons. The Kier molecular flexibility index (Phi) is 14.7. The van der Waals surface area contributed by atoms with E-state index in [4.69, 9.17) is 0 Å². The molecular formula is C32H50O4. The predicted molar refractivity (Wildman–Crippen MR) is 149 cm³/mol. The quantitative estimate of drug-likeness (QED) is 0.147. The number of ketones is 4. The van der Waals surface area contributed by atoms with Gasteiger partial charge in [0.1, 0.15) is 11.6 Å². The van der Waals surface area contributed by atoms with Crippen LogP contribution in [0.2, 0.25) is 0 Å². The summed E-state index contributed by atoms with van der Waals surface area (Å²) in [6.45, 7) is 13.9. The molecule has 0 N–H and O–H groups in total. The molecule has 4 heteroatoms. The van der Waals surface area contributed by atoms with Gasteiger partial charge in [-0.25, -0.2) is 0 Å². The highest BCUT2D eigenvalue weighted by Crippen LogP contribution is 2.37. The molecule has 2 rings (SSSR count). The van der Waals surface area contributed by atoms with E-state index in [1.54, 1.807) is 0 Å². The van der Waals surface area contributed by atoms with Gasteiger partial charge in [-0.1, -0.05) is 78.9 Å². The average molecular weight is 499 g/mol. The molecule has 202 valence electrons. The fourth-order valence-corrected chi connectivity index (χ4v) is 5.67. The van der Waals surface area contributed by atoms with Crippen molar-refractivity contribution in [3.8, 4) is 0 Å². The van der Waals surface area contributed by atoms with E-state index in [-0.39, 0.29) is 47.3 Å². The third-order valence-electron chi connectivity index (χ3n) is 7.22. The lowest BCUT2D eigenvalue weighted by Crippen LogP contribution is -2.30. The highest BCUT2D eigenvalue weighted by molar-refractivity contribution is 6.05. The van der Waals surface area contributed by atoms with E-state index in [1.165, 1.54) is 13.3 Å². The van der Waals surface area contributed by atoms with Crippen molar-refractivity contribution < 1.29 is 19.2 Å². The fourth-order valence-electron chi connectivity index (χ4n) is 5.67. The summed E-state index contributed by atoms with van der Waals surface area (Å²) < 4.78 is 0. The molecule has 0 saturated heterocycles. The lowest BCUT2D eigenvalue weighted by Gasteiger charge is -2.32. The second-order valence-corrected chi connectivity index (χ2v) is 10.7. The van der Waals surface area contributed by atoms with Crippen LogP contribution in [-0.2, 0) is 16.0 Å². The molecule has 0 fully saturated rings. The van der Waals surface area contributed by atoms with Gasteiger partial charge in [0, 0.05) is 29.9 Å². The Hall–Kier alpha value is -2.10. The lowest BCUT2D eigenvalue weighted by atomic mass is 9.71. The largest absolute Gasteiger partial charge is 0.300 e. The third-order valence-corrected chi connectivity index (χ3v) is 7.22. The Morgan fingerprint density at radius 3 is 2.19 bits per heavy atom. The molecule has 1 aromatic carbocycles. The molecule has 36 heavy (non-hydrogen) atoms. The molecule has 0 aromatic heterocycles. The smallest absolute Gasteiger partial charge is 0.163 e. The topological polar surface area (TPSA) is 68.3 Å². The van der Waals surface area contributed by atoms with Crippen LogP contribution in [0, 0.1) is 24.7 Å². The first kappa shape index (κ1) is 31.9. The van der Waals surface area contributed by atoms with Gasteiger partial charge in [0.2, 0.25) is 0 Å². The molecule has 1 aromatic rings. The molecule has 0 bridgehead atoms. The maximum atomic E-state index is 13.2. The molecule has 0 spiro atoms. The number of rotatable bonds is 14. The maximum Gasteiger partial charge on any atom is 0.163 e. The van der Waals surface area contributed by atoms with Crippen LogP contribution in [0.4, 0.5) is 0 Å². The van der Waals surface area contributed by atoms with E-state index in [2.05, 4.69) is 27.7 Å². The number of fused-ring (bicyclic) bond motifs is 1. The summed E-state index contributed by atoms with van der Waals surface area (Å²) in [5.41, 5.74) is 3.35. The van der Waals surface area contributed by atoms with Gasteiger partial charge in [-0.05, 0) is 62.5 Å². The highest BCUT2D eigenvalue weighted by Gasteiger charge is 2.34. The van der Waals surface area contributed by atoms with Crippen molar-refractivity contribution in [2.75, 3.05) is 0 Å². The van der Waals surface area contributed by atoms with Crippen molar-refractivity contribution in [2.24, 2.45) is 17.8 Å². The monoisotopic (exact) mass is 498 g/mol. The molecular weight excluding hydrogens is 448 g/mol. The molecule has 0 saturated carbocycles. The van der Waals surface area contributed by atoms with Crippen LogP contribution >= 0.6 is 0 Å². The van der Waals surface area contributed by atoms with Crippen molar-refractivity contribution >= 4 is 23.1 Å². The zero-order valence-electron chi connectivity index (χ0n) is 24.0. The Morgan fingerprint density at radius 1 is 0.972 bits per heavy atom. The predicted octanol–water partition coefficient (Wildman–Crippen LogP) is 8.30. The minimum Gasteiger partial charge on any atom is -0.300 e. The van der Waals surface area contributed by atoms with Gasteiger partial charge in [0.25, 0.3) is 0 Å². The molecule has 0 heterocycles. The summed E-state index contributed by atoms with van der Waals surface area (Å²) in [6, 6.07) is 3.82. The molecule has 0 aliphatic heterocycles. The van der Waals surface area contributed by atoms with Crippen LogP contribution in [0.3, 0.4) is 0 Å². The first-order valence-electron chi connectivity index (χ1n) is 14.4. The Bertz CT molecular complexity index is 882. The zero-order valence-corrected chi connectivity index (χ0v) is 24.0. The maximum absolute atomic E-state index is 13.2. The van der Waals surface area contributed by atoms with Gasteiger partial charge < -0.3 is 0 Å². The number of hydrogen-bond donors (Lipinski definition) is 0. The Labute approximate surface area is 220 Å². The van der Waals surface area contributed by atoms with Gasteiger partial charge in [0.05, 0.1) is 6.42 Å². The first-order valence-corrected chi connectivity index (χ1v) is 14.4. The highest BCUT2D eigenvalue weighted by atomic mass is 16.1. The molecule has 0 amide bonds. The molecule has 1 aliphatic carbocycles. The Morgan fingerprint density at radius 2 is 1.64 bits per heavy atom. The Balaban J connectivity index is 0.00000205. The number of Topliss-reactive ketones (excluding diaryl/α,β-unsaturated/α-hetero) is 4. The molecule has 3 atom stereocenters. The van der Waals surface area contributed by atoms with E-state index < -0.39 is 0 Å². The average Bonchev–Trinajstić information content (AvgIpc) is 2.79. The van der Waals surface area contributed by atoms with Crippen LogP contribution in [0.25, 0.3) is 0 Å². The van der Waals surface area contributed by atoms with Crippen molar-refractivity contribution in [3.63, 3.8) is 0 Å². The van der Waals surface area contributed by atoms with E-state index in [0.29, 0.717) is 19.3 Å².